The van der Waals surface area contributed by atoms with E-state index in [0.717, 1.165) is 11.3 Å². The lowest BCUT2D eigenvalue weighted by Crippen LogP contribution is -2.16. The van der Waals surface area contributed by atoms with Gasteiger partial charge in [0.2, 0.25) is 15.8 Å². The van der Waals surface area contributed by atoms with Crippen LogP contribution in [0, 0.1) is 12.3 Å². The number of fused-ring (bicyclic) bond motifs is 1. The molecule has 0 aliphatic rings. The molecule has 7 nitrogen and oxygen atoms in total. The maximum absolute atomic E-state index is 12.7. The predicted molar refractivity (Wildman–Crippen MR) is 117 cm³/mol. The third-order valence-corrected chi connectivity index (χ3v) is 6.49. The molecule has 0 radical (unpaired) electrons. The molecule has 0 saturated heterocycles. The summed E-state index contributed by atoms with van der Waals surface area (Å²) >= 11 is 1.35. The van der Waals surface area contributed by atoms with E-state index < -0.39 is 10.0 Å². The van der Waals surface area contributed by atoms with Crippen molar-refractivity contribution in [2.24, 2.45) is 0 Å². The van der Waals surface area contributed by atoms with E-state index in [1.54, 1.807) is 47.3 Å². The maximum atomic E-state index is 12.7. The van der Waals surface area contributed by atoms with Crippen LogP contribution >= 0.6 is 11.3 Å². The molecule has 30 heavy (non-hydrogen) atoms. The summed E-state index contributed by atoms with van der Waals surface area (Å²) < 4.78 is 28.5. The van der Waals surface area contributed by atoms with E-state index in [1.807, 2.05) is 17.5 Å². The Morgan fingerprint density at radius 1 is 1.20 bits per heavy atom. The van der Waals surface area contributed by atoms with Crippen LogP contribution in [-0.2, 0) is 10.0 Å². The van der Waals surface area contributed by atoms with Crippen LogP contribution in [0.25, 0.3) is 16.9 Å². The highest BCUT2D eigenvalue weighted by Crippen LogP contribution is 2.25. The number of terminal acetylenes is 1. The number of hydrogen-bond donors (Lipinski definition) is 1. The molecule has 3 aromatic heterocycles. The van der Waals surface area contributed by atoms with Gasteiger partial charge in [-0.1, -0.05) is 18.2 Å². The Balaban J connectivity index is 1.71. The molecule has 0 aliphatic heterocycles. The van der Waals surface area contributed by atoms with Crippen LogP contribution in [0.4, 0.5) is 5.69 Å². The molecular formula is C21H16N4O3S2. The Hall–Kier alpha value is -3.48. The van der Waals surface area contributed by atoms with Crippen molar-refractivity contribution in [3.63, 3.8) is 0 Å². The lowest BCUT2D eigenvalue weighted by Gasteiger charge is -2.10. The van der Waals surface area contributed by atoms with E-state index in [1.165, 1.54) is 11.3 Å². The van der Waals surface area contributed by atoms with Gasteiger partial charge in [0.05, 0.1) is 16.3 Å². The van der Waals surface area contributed by atoms with Crippen LogP contribution in [0.1, 0.15) is 21.8 Å². The molecule has 150 valence electrons. The molecule has 9 heteroatoms. The molecule has 0 spiro atoms. The number of carbonyl (C=O) groups excluding carboxylic acids is 1. The van der Waals surface area contributed by atoms with E-state index >= 15 is 0 Å². The molecule has 1 N–H and O–H groups in total. The Morgan fingerprint density at radius 3 is 2.83 bits per heavy atom. The number of hydrogen-bond acceptors (Lipinski definition) is 6. The number of imidazole rings is 1. The van der Waals surface area contributed by atoms with Gasteiger partial charge in [0.25, 0.3) is 0 Å². The topological polar surface area (TPSA) is 93.4 Å². The van der Waals surface area contributed by atoms with E-state index in [4.69, 9.17) is 6.42 Å². The summed E-state index contributed by atoms with van der Waals surface area (Å²) in [6, 6.07) is 12.3. The average Bonchev–Trinajstić information content (AvgIpc) is 3.41. The Labute approximate surface area is 177 Å². The molecule has 0 aliphatic carbocycles. The second kappa shape index (κ2) is 8.10. The van der Waals surface area contributed by atoms with Crippen molar-refractivity contribution in [3.8, 4) is 23.6 Å². The van der Waals surface area contributed by atoms with Gasteiger partial charge in [0.1, 0.15) is 6.33 Å². The summed E-state index contributed by atoms with van der Waals surface area (Å²) in [5.41, 5.74) is 2.59. The summed E-state index contributed by atoms with van der Waals surface area (Å²) in [5.74, 6) is 1.99. The summed E-state index contributed by atoms with van der Waals surface area (Å²) in [7, 11) is -3.54. The Morgan fingerprint density at radius 2 is 2.07 bits per heavy atom. The van der Waals surface area contributed by atoms with Gasteiger partial charge >= 0.3 is 0 Å². The molecule has 4 aromatic rings. The SMILES string of the molecule is C#CCCS(=O)(=O)Nc1cccc(-c2ccnc3c(C(=O)c4cccs4)ncn23)c1. The minimum Gasteiger partial charge on any atom is -0.286 e. The molecule has 0 unspecified atom stereocenters. The molecule has 0 bridgehead atoms. The fourth-order valence-corrected chi connectivity index (χ4v) is 4.63. The van der Waals surface area contributed by atoms with Crippen molar-refractivity contribution >= 4 is 38.5 Å². The van der Waals surface area contributed by atoms with E-state index in [-0.39, 0.29) is 23.7 Å². The number of sulfonamides is 1. The van der Waals surface area contributed by atoms with Crippen LogP contribution in [0.2, 0.25) is 0 Å². The molecule has 4 rings (SSSR count). The summed E-state index contributed by atoms with van der Waals surface area (Å²) in [5, 5.41) is 1.83. The molecule has 3 heterocycles. The fourth-order valence-electron chi connectivity index (χ4n) is 2.99. The number of ketones is 1. The first-order valence-corrected chi connectivity index (χ1v) is 11.5. The van der Waals surface area contributed by atoms with Gasteiger partial charge in [-0.3, -0.25) is 13.9 Å². The van der Waals surface area contributed by atoms with E-state index in [0.29, 0.717) is 16.2 Å². The Kier molecular flexibility index (Phi) is 5.35. The third kappa shape index (κ3) is 3.96. The van der Waals surface area contributed by atoms with Gasteiger partial charge in [-0.15, -0.1) is 23.7 Å². The number of rotatable bonds is 7. The average molecular weight is 437 g/mol. The Bertz CT molecular complexity index is 1370. The fraction of sp³-hybridized carbons (Fsp3) is 0.0952. The van der Waals surface area contributed by atoms with Crippen LogP contribution < -0.4 is 4.72 Å². The minimum atomic E-state index is -3.54. The van der Waals surface area contributed by atoms with Crippen molar-refractivity contribution in [1.82, 2.24) is 14.4 Å². The minimum absolute atomic E-state index is 0.135. The number of benzene rings is 1. The van der Waals surface area contributed by atoms with Crippen molar-refractivity contribution in [1.29, 1.82) is 0 Å². The zero-order valence-corrected chi connectivity index (χ0v) is 17.3. The number of carbonyl (C=O) groups is 1. The molecular weight excluding hydrogens is 420 g/mol. The predicted octanol–water partition coefficient (Wildman–Crippen LogP) is 3.45. The van der Waals surface area contributed by atoms with Crippen LogP contribution in [0.5, 0.6) is 0 Å². The second-order valence-corrected chi connectivity index (χ2v) is 9.17. The maximum Gasteiger partial charge on any atom is 0.233 e. The number of anilines is 1. The van der Waals surface area contributed by atoms with Gasteiger partial charge in [-0.2, -0.15) is 0 Å². The lowest BCUT2D eigenvalue weighted by molar-refractivity contribution is 0.103. The van der Waals surface area contributed by atoms with Gasteiger partial charge in [0.15, 0.2) is 11.3 Å². The first kappa shape index (κ1) is 19.8. The summed E-state index contributed by atoms with van der Waals surface area (Å²) in [6.07, 6.45) is 8.43. The lowest BCUT2D eigenvalue weighted by atomic mass is 10.1. The van der Waals surface area contributed by atoms with Gasteiger partial charge in [-0.25, -0.2) is 18.4 Å². The van der Waals surface area contributed by atoms with Crippen molar-refractivity contribution in [2.75, 3.05) is 10.5 Å². The number of aromatic nitrogens is 3. The van der Waals surface area contributed by atoms with Crippen LogP contribution in [0.15, 0.2) is 60.4 Å². The molecule has 0 amide bonds. The van der Waals surface area contributed by atoms with Gasteiger partial charge < -0.3 is 0 Å². The normalized spacial score (nSPS) is 11.3. The zero-order chi connectivity index (χ0) is 21.1. The molecule has 0 saturated carbocycles. The van der Waals surface area contributed by atoms with Gasteiger partial charge in [-0.05, 0) is 29.6 Å². The largest absolute Gasteiger partial charge is 0.286 e. The molecule has 1 aromatic carbocycles. The molecule has 0 atom stereocenters. The van der Waals surface area contributed by atoms with Crippen molar-refractivity contribution < 1.29 is 13.2 Å². The second-order valence-electron chi connectivity index (χ2n) is 6.38. The third-order valence-electron chi connectivity index (χ3n) is 4.34. The number of thiophene rings is 1. The van der Waals surface area contributed by atoms with E-state index in [9.17, 15) is 13.2 Å². The highest BCUT2D eigenvalue weighted by molar-refractivity contribution is 7.92. The summed E-state index contributed by atoms with van der Waals surface area (Å²) in [4.78, 5) is 21.9. The first-order valence-electron chi connectivity index (χ1n) is 8.93. The van der Waals surface area contributed by atoms with Crippen molar-refractivity contribution in [2.45, 2.75) is 6.42 Å². The quantitative estimate of drug-likeness (QED) is 0.354. The monoisotopic (exact) mass is 436 g/mol. The summed E-state index contributed by atoms with van der Waals surface area (Å²) in [6.45, 7) is 0. The highest BCUT2D eigenvalue weighted by atomic mass is 32.2. The van der Waals surface area contributed by atoms with Gasteiger partial charge in [0, 0.05) is 23.9 Å². The standard InChI is InChI=1S/C21H16N4O3S2/c1-2-3-12-30(27,28)24-16-7-4-6-15(13-16)17-9-10-22-21-19(23-14-25(17)21)20(26)18-8-5-11-29-18/h1,4-11,13-14,24H,3,12H2. The molecule has 0 fully saturated rings. The number of nitrogens with one attached hydrogen (secondary N) is 1. The van der Waals surface area contributed by atoms with Crippen molar-refractivity contribution in [3.05, 3.63) is 70.9 Å². The number of nitrogens with zero attached hydrogens (tertiary/aromatic N) is 3. The van der Waals surface area contributed by atoms with Crippen LogP contribution in [0.3, 0.4) is 0 Å². The van der Waals surface area contributed by atoms with E-state index in [2.05, 4.69) is 20.6 Å². The van der Waals surface area contributed by atoms with Crippen LogP contribution in [-0.4, -0.2) is 34.3 Å². The zero-order valence-electron chi connectivity index (χ0n) is 15.6. The first-order chi connectivity index (χ1) is 14.5. The smallest absolute Gasteiger partial charge is 0.233 e. The highest BCUT2D eigenvalue weighted by Gasteiger charge is 2.19.